The average Bonchev–Trinajstić information content (AvgIpc) is 3.25. The monoisotopic (exact) mass is 535 g/mol. The van der Waals surface area contributed by atoms with Crippen molar-refractivity contribution in [1.29, 1.82) is 0 Å². The number of hydrogen-bond acceptors (Lipinski definition) is 6. The molecule has 7 nitrogen and oxygen atoms in total. The number of aliphatic imine (C=N–C) groups is 1. The average molecular weight is 536 g/mol. The molecule has 1 amide bonds. The molecule has 4 aromatic rings. The second-order valence-electron chi connectivity index (χ2n) is 8.78. The van der Waals surface area contributed by atoms with Gasteiger partial charge in [-0.15, -0.1) is 0 Å². The molecule has 1 saturated heterocycles. The molecular weight excluding hydrogens is 510 g/mol. The van der Waals surface area contributed by atoms with Gasteiger partial charge in [0, 0.05) is 24.2 Å². The summed E-state index contributed by atoms with van der Waals surface area (Å²) in [6.45, 7) is 0.750. The van der Waals surface area contributed by atoms with Crippen LogP contribution in [0.3, 0.4) is 0 Å². The Morgan fingerprint density at radius 3 is 2.23 bits per heavy atom. The minimum Gasteiger partial charge on any atom is -0.488 e. The first-order valence-corrected chi connectivity index (χ1v) is 13.2. The van der Waals surface area contributed by atoms with E-state index in [0.29, 0.717) is 28.8 Å². The maximum absolute atomic E-state index is 13.6. The van der Waals surface area contributed by atoms with Crippen LogP contribution in [0.1, 0.15) is 16.7 Å². The van der Waals surface area contributed by atoms with Crippen LogP contribution in [0.25, 0.3) is 6.08 Å². The smallest absolute Gasteiger partial charge is 0.269 e. The highest BCUT2D eigenvalue weighted by atomic mass is 32.2. The van der Waals surface area contributed by atoms with Crippen molar-refractivity contribution in [3.8, 4) is 5.75 Å². The van der Waals surface area contributed by atoms with E-state index in [-0.39, 0.29) is 18.2 Å². The van der Waals surface area contributed by atoms with Crippen molar-refractivity contribution in [3.63, 3.8) is 0 Å². The van der Waals surface area contributed by atoms with Crippen LogP contribution in [0.5, 0.6) is 5.75 Å². The fraction of sp³-hybridized carbons (Fsp3) is 0.0968. The van der Waals surface area contributed by atoms with E-state index in [1.54, 1.807) is 17.0 Å². The number of rotatable bonds is 9. The summed E-state index contributed by atoms with van der Waals surface area (Å²) in [5, 5.41) is 11.6. The Labute approximate surface area is 230 Å². The van der Waals surface area contributed by atoms with Crippen molar-refractivity contribution in [1.82, 2.24) is 4.90 Å². The van der Waals surface area contributed by atoms with Crippen molar-refractivity contribution < 1.29 is 14.5 Å². The van der Waals surface area contributed by atoms with E-state index in [1.807, 2.05) is 78.9 Å². The zero-order chi connectivity index (χ0) is 27.0. The van der Waals surface area contributed by atoms with Crippen LogP contribution in [-0.2, 0) is 17.8 Å². The van der Waals surface area contributed by atoms with Gasteiger partial charge in [0.25, 0.3) is 11.6 Å². The largest absolute Gasteiger partial charge is 0.488 e. The van der Waals surface area contributed by atoms with Crippen molar-refractivity contribution in [2.75, 3.05) is 6.54 Å². The number of carbonyl (C=O) groups is 1. The summed E-state index contributed by atoms with van der Waals surface area (Å²) in [7, 11) is 0. The number of non-ortho nitro benzene ring substituents is 1. The zero-order valence-corrected chi connectivity index (χ0v) is 21.8. The summed E-state index contributed by atoms with van der Waals surface area (Å²) in [6, 6.07) is 33.4. The van der Waals surface area contributed by atoms with Crippen molar-refractivity contribution in [3.05, 3.63) is 141 Å². The molecule has 0 N–H and O–H groups in total. The van der Waals surface area contributed by atoms with E-state index in [9.17, 15) is 14.9 Å². The number of nitrogens with zero attached hydrogens (tertiary/aromatic N) is 3. The quantitative estimate of drug-likeness (QED) is 0.131. The topological polar surface area (TPSA) is 85.0 Å². The van der Waals surface area contributed by atoms with Gasteiger partial charge in [0.15, 0.2) is 5.17 Å². The lowest BCUT2D eigenvalue weighted by Gasteiger charge is -2.15. The maximum atomic E-state index is 13.6. The minimum atomic E-state index is -0.430. The molecule has 0 saturated carbocycles. The zero-order valence-electron chi connectivity index (χ0n) is 21.0. The molecular formula is C31H25N3O4S. The third-order valence-corrected chi connectivity index (χ3v) is 7.09. The number of carbonyl (C=O) groups excluding carboxylic acids is 1. The lowest BCUT2D eigenvalue weighted by atomic mass is 10.1. The molecule has 1 aliphatic rings. The van der Waals surface area contributed by atoms with Crippen LogP contribution >= 0.6 is 11.8 Å². The Bertz CT molecular complexity index is 1520. The number of amides is 1. The van der Waals surface area contributed by atoms with Crippen LogP contribution < -0.4 is 4.74 Å². The molecule has 0 radical (unpaired) electrons. The normalized spacial score (nSPS) is 15.2. The molecule has 0 aliphatic carbocycles. The Balaban J connectivity index is 1.38. The lowest BCUT2D eigenvalue weighted by Crippen LogP contribution is -2.31. The fourth-order valence-corrected chi connectivity index (χ4v) is 5.05. The van der Waals surface area contributed by atoms with Crippen LogP contribution in [0.4, 0.5) is 11.4 Å². The minimum absolute atomic E-state index is 0.0328. The molecule has 1 fully saturated rings. The molecule has 39 heavy (non-hydrogen) atoms. The van der Waals surface area contributed by atoms with Gasteiger partial charge in [-0.25, -0.2) is 4.99 Å². The highest BCUT2D eigenvalue weighted by molar-refractivity contribution is 8.18. The summed E-state index contributed by atoms with van der Waals surface area (Å²) in [6.07, 6.45) is 2.55. The lowest BCUT2D eigenvalue weighted by molar-refractivity contribution is -0.384. The number of nitro groups is 1. The Morgan fingerprint density at radius 2 is 1.51 bits per heavy atom. The molecule has 194 valence electrons. The third-order valence-electron chi connectivity index (χ3n) is 6.08. The predicted molar refractivity (Wildman–Crippen MR) is 155 cm³/mol. The molecule has 0 unspecified atom stereocenters. The van der Waals surface area contributed by atoms with Crippen molar-refractivity contribution in [2.24, 2.45) is 4.99 Å². The first-order chi connectivity index (χ1) is 19.1. The Hall–Kier alpha value is -4.69. The molecule has 8 heteroatoms. The number of benzene rings is 4. The van der Waals surface area contributed by atoms with Gasteiger partial charge in [0.2, 0.25) is 0 Å². The second kappa shape index (κ2) is 12.2. The van der Waals surface area contributed by atoms with Gasteiger partial charge in [-0.3, -0.25) is 19.8 Å². The van der Waals surface area contributed by atoms with E-state index in [1.165, 1.54) is 23.9 Å². The first-order valence-electron chi connectivity index (χ1n) is 12.4. The molecule has 1 heterocycles. The number of thioether (sulfide) groups is 1. The number of amidine groups is 1. The molecule has 0 aromatic heterocycles. The summed E-state index contributed by atoms with van der Waals surface area (Å²) >= 11 is 1.35. The Kier molecular flexibility index (Phi) is 8.14. The highest BCUT2D eigenvalue weighted by Crippen LogP contribution is 2.36. The van der Waals surface area contributed by atoms with Gasteiger partial charge in [-0.1, -0.05) is 66.7 Å². The molecule has 0 spiro atoms. The van der Waals surface area contributed by atoms with Crippen LogP contribution in [-0.4, -0.2) is 27.4 Å². The molecule has 5 rings (SSSR count). The third kappa shape index (κ3) is 6.61. The van der Waals surface area contributed by atoms with Crippen LogP contribution in [0.2, 0.25) is 0 Å². The first kappa shape index (κ1) is 25.9. The van der Waals surface area contributed by atoms with Crippen molar-refractivity contribution in [2.45, 2.75) is 13.0 Å². The molecule has 0 atom stereocenters. The molecule has 4 aromatic carbocycles. The van der Waals surface area contributed by atoms with E-state index in [4.69, 9.17) is 9.73 Å². The molecule has 1 aliphatic heterocycles. The summed E-state index contributed by atoms with van der Waals surface area (Å²) < 4.78 is 6.04. The number of para-hydroxylation sites is 2. The fourth-order valence-electron chi connectivity index (χ4n) is 4.03. The summed E-state index contributed by atoms with van der Waals surface area (Å²) in [5.74, 6) is 0.511. The highest BCUT2D eigenvalue weighted by Gasteiger charge is 2.33. The summed E-state index contributed by atoms with van der Waals surface area (Å²) in [5.41, 5.74) is 3.53. The van der Waals surface area contributed by atoms with Crippen LogP contribution in [0.15, 0.2) is 119 Å². The number of nitro benzene ring substituents is 1. The summed E-state index contributed by atoms with van der Waals surface area (Å²) in [4.78, 5) is 31.1. The van der Waals surface area contributed by atoms with Gasteiger partial charge < -0.3 is 4.74 Å². The SMILES string of the molecule is O=C1/C(=C\c2ccccc2OCc2ccc([N+](=O)[O-])cc2)SC(=Nc2ccccc2)N1CCc1ccccc1. The van der Waals surface area contributed by atoms with Crippen LogP contribution in [0, 0.1) is 10.1 Å². The van der Waals surface area contributed by atoms with Gasteiger partial charge in [0.05, 0.1) is 15.5 Å². The van der Waals surface area contributed by atoms with Crippen molar-refractivity contribution >= 4 is 40.3 Å². The van der Waals surface area contributed by atoms with E-state index in [2.05, 4.69) is 12.1 Å². The van der Waals surface area contributed by atoms with E-state index >= 15 is 0 Å². The van der Waals surface area contributed by atoms with E-state index < -0.39 is 4.92 Å². The molecule has 0 bridgehead atoms. The van der Waals surface area contributed by atoms with Gasteiger partial charge in [-0.2, -0.15) is 0 Å². The van der Waals surface area contributed by atoms with Gasteiger partial charge in [-0.05, 0) is 65.7 Å². The number of ether oxygens (including phenoxy) is 1. The van der Waals surface area contributed by atoms with Gasteiger partial charge in [0.1, 0.15) is 12.4 Å². The van der Waals surface area contributed by atoms with Gasteiger partial charge >= 0.3 is 0 Å². The predicted octanol–water partition coefficient (Wildman–Crippen LogP) is 7.02. The second-order valence-corrected chi connectivity index (χ2v) is 9.79. The maximum Gasteiger partial charge on any atom is 0.269 e. The standard InChI is InChI=1S/C31H25N3O4S/c35-30-29(21-25-11-7-8-14-28(25)38-22-24-15-17-27(18-16-24)34(36)37)39-31(32-26-12-5-2-6-13-26)33(30)20-19-23-9-3-1-4-10-23/h1-18,21H,19-20,22H2/b29-21+,32-31?. The number of hydrogen-bond donors (Lipinski definition) is 0. The van der Waals surface area contributed by atoms with E-state index in [0.717, 1.165) is 22.4 Å². The Morgan fingerprint density at radius 1 is 0.846 bits per heavy atom.